The Labute approximate surface area is 199 Å². The van der Waals surface area contributed by atoms with Crippen molar-refractivity contribution in [3.05, 3.63) is 114 Å². The Bertz CT molecular complexity index is 1500. The summed E-state index contributed by atoms with van der Waals surface area (Å²) in [6.45, 7) is 2.16. The molecule has 0 aliphatic carbocycles. The van der Waals surface area contributed by atoms with Crippen LogP contribution in [-0.4, -0.2) is 33.5 Å². The van der Waals surface area contributed by atoms with Gasteiger partial charge >= 0.3 is 200 Å². The van der Waals surface area contributed by atoms with E-state index in [1.54, 1.807) is 0 Å². The fourth-order valence-electron chi connectivity index (χ4n) is 4.29. The first kappa shape index (κ1) is 19.5. The van der Waals surface area contributed by atoms with Gasteiger partial charge in [0, 0.05) is 0 Å². The molecule has 6 rings (SSSR count). The molecule has 152 valence electrons. The van der Waals surface area contributed by atoms with Crippen LogP contribution in [0.15, 0.2) is 97.2 Å². The Morgan fingerprint density at radius 2 is 1.59 bits per heavy atom. The molecule has 0 unspecified atom stereocenters. The molecule has 0 spiro atoms. The molecule has 32 heavy (non-hydrogen) atoms. The van der Waals surface area contributed by atoms with Gasteiger partial charge in [0.05, 0.1) is 0 Å². The molecular weight excluding hydrogens is 585 g/mol. The van der Waals surface area contributed by atoms with Crippen molar-refractivity contribution in [1.29, 1.82) is 0 Å². The van der Waals surface area contributed by atoms with Crippen molar-refractivity contribution in [2.24, 2.45) is 0 Å². The van der Waals surface area contributed by atoms with E-state index in [9.17, 15) is 0 Å². The average molecular weight is 605 g/mol. The SMILES string of the molecule is Cc1cc[c]2c(c1)-c1cccc(n1)/C=[C](/c1ccc3ccccc3c1-c1ccccn1)[Po]2. The molecule has 1 aliphatic heterocycles. The minimum absolute atomic E-state index is 1.02. The Morgan fingerprint density at radius 1 is 0.719 bits per heavy atom. The molecule has 0 atom stereocenters. The molecule has 0 fully saturated rings. The molecule has 0 saturated carbocycles. The van der Waals surface area contributed by atoms with E-state index in [1.807, 2.05) is 12.3 Å². The van der Waals surface area contributed by atoms with Gasteiger partial charge in [-0.2, -0.15) is 0 Å². The number of nitrogens with zero attached hydrogens (tertiary/aromatic N) is 2. The van der Waals surface area contributed by atoms with Crippen LogP contribution in [0.1, 0.15) is 16.8 Å². The van der Waals surface area contributed by atoms with Gasteiger partial charge in [-0.3, -0.25) is 0 Å². The van der Waals surface area contributed by atoms with Crippen molar-refractivity contribution in [1.82, 2.24) is 9.97 Å². The molecular formula is C29H20N2Po. The summed E-state index contributed by atoms with van der Waals surface area (Å²) in [6, 6.07) is 32.6. The fraction of sp³-hybridized carbons (Fsp3) is 0.0345. The van der Waals surface area contributed by atoms with Crippen molar-refractivity contribution in [2.75, 3.05) is 0 Å². The predicted octanol–water partition coefficient (Wildman–Crippen LogP) is 6.11. The van der Waals surface area contributed by atoms with Gasteiger partial charge in [-0.1, -0.05) is 0 Å². The molecule has 0 N–H and O–H groups in total. The van der Waals surface area contributed by atoms with Crippen molar-refractivity contribution in [3.8, 4) is 22.5 Å². The van der Waals surface area contributed by atoms with Gasteiger partial charge in [-0.15, -0.1) is 0 Å². The molecule has 3 heteroatoms. The zero-order valence-corrected chi connectivity index (χ0v) is 20.8. The van der Waals surface area contributed by atoms with Crippen LogP contribution in [0, 0.1) is 6.92 Å². The first-order valence-corrected chi connectivity index (χ1v) is 13.8. The van der Waals surface area contributed by atoms with Crippen LogP contribution in [0.2, 0.25) is 0 Å². The Balaban J connectivity index is 1.65. The van der Waals surface area contributed by atoms with Crippen LogP contribution in [0.4, 0.5) is 0 Å². The fourth-order valence-corrected chi connectivity index (χ4v) is 8.59. The van der Waals surface area contributed by atoms with Gasteiger partial charge in [-0.05, 0) is 0 Å². The van der Waals surface area contributed by atoms with E-state index in [1.165, 1.54) is 39.5 Å². The summed E-state index contributed by atoms with van der Waals surface area (Å²) in [5.74, 6) is 0. The van der Waals surface area contributed by atoms with E-state index >= 15 is 0 Å². The number of pyridine rings is 2. The van der Waals surface area contributed by atoms with Crippen molar-refractivity contribution in [3.63, 3.8) is 0 Å². The van der Waals surface area contributed by atoms with Gasteiger partial charge in [0.15, 0.2) is 0 Å². The second-order valence-corrected chi connectivity index (χ2v) is 12.2. The molecule has 2 aromatic heterocycles. The average Bonchev–Trinajstić information content (AvgIpc) is 2.84. The second kappa shape index (κ2) is 8.08. The molecule has 0 radical (unpaired) electrons. The third-order valence-electron chi connectivity index (χ3n) is 5.80. The molecule has 0 amide bonds. The number of hydrogen-bond acceptors (Lipinski definition) is 2. The zero-order chi connectivity index (χ0) is 21.5. The number of fused-ring (bicyclic) bond motifs is 5. The Hall–Kier alpha value is -3.14. The summed E-state index contributed by atoms with van der Waals surface area (Å²) in [5, 5.41) is 2.49. The maximum absolute atomic E-state index is 4.99. The normalized spacial score (nSPS) is 14.2. The summed E-state index contributed by atoms with van der Waals surface area (Å²) in [5.41, 5.74) is 8.22. The number of hydrogen-bond donors (Lipinski definition) is 0. The van der Waals surface area contributed by atoms with Gasteiger partial charge in [-0.25, -0.2) is 0 Å². The quantitative estimate of drug-likeness (QED) is 0.243. The maximum atomic E-state index is 4.99. The molecule has 2 nitrogen and oxygen atoms in total. The van der Waals surface area contributed by atoms with E-state index in [2.05, 4.69) is 97.9 Å². The molecule has 5 aromatic rings. The van der Waals surface area contributed by atoms with E-state index in [-0.39, 0.29) is 0 Å². The van der Waals surface area contributed by atoms with Crippen molar-refractivity contribution >= 4 is 46.9 Å². The summed E-state index contributed by atoms with van der Waals surface area (Å²) in [4.78, 5) is 9.74. The van der Waals surface area contributed by atoms with Gasteiger partial charge < -0.3 is 0 Å². The summed E-state index contributed by atoms with van der Waals surface area (Å²) in [6.07, 6.45) is 4.20. The van der Waals surface area contributed by atoms with Crippen LogP contribution in [0.25, 0.3) is 42.6 Å². The van der Waals surface area contributed by atoms with Crippen molar-refractivity contribution in [2.45, 2.75) is 6.92 Å². The van der Waals surface area contributed by atoms with Crippen LogP contribution < -0.4 is 3.22 Å². The van der Waals surface area contributed by atoms with E-state index in [0.29, 0.717) is 0 Å². The zero-order valence-electron chi connectivity index (χ0n) is 17.6. The molecule has 0 saturated heterocycles. The summed E-state index contributed by atoms with van der Waals surface area (Å²) < 4.78 is 2.89. The second-order valence-electron chi connectivity index (χ2n) is 7.98. The number of rotatable bonds is 2. The first-order valence-electron chi connectivity index (χ1n) is 10.7. The summed E-state index contributed by atoms with van der Waals surface area (Å²) in [7, 11) is 0. The van der Waals surface area contributed by atoms with Crippen LogP contribution >= 0.6 is 0 Å². The molecule has 2 bridgehead atoms. The monoisotopic (exact) mass is 605 g/mol. The standard InChI is InChI=1S/C29H20N2.Po/c1-21-8-6-10-24(20-21)27-14-7-11-25(31-27)18-17-23-16-15-22-9-2-3-12-26(22)29(23)28-13-4-5-19-30-28;/h2-9,11-16,18-20H,1H3;. The predicted molar refractivity (Wildman–Crippen MR) is 135 cm³/mol. The van der Waals surface area contributed by atoms with Gasteiger partial charge in [0.1, 0.15) is 0 Å². The third kappa shape index (κ3) is 3.48. The Kier molecular flexibility index (Phi) is 4.93. The third-order valence-corrected chi connectivity index (χ3v) is 10.2. The molecule has 1 aliphatic rings. The van der Waals surface area contributed by atoms with Crippen LogP contribution in [0.5, 0.6) is 0 Å². The van der Waals surface area contributed by atoms with Gasteiger partial charge in [0.2, 0.25) is 0 Å². The number of benzene rings is 3. The number of aromatic nitrogens is 2. The van der Waals surface area contributed by atoms with Gasteiger partial charge in [0.25, 0.3) is 0 Å². The molecule has 3 heterocycles. The topological polar surface area (TPSA) is 25.8 Å². The van der Waals surface area contributed by atoms with E-state index < -0.39 is 23.6 Å². The van der Waals surface area contributed by atoms with E-state index in [4.69, 9.17) is 9.97 Å². The number of aryl methyl sites for hydroxylation is 1. The molecule has 3 aromatic carbocycles. The Morgan fingerprint density at radius 3 is 2.50 bits per heavy atom. The van der Waals surface area contributed by atoms with Crippen molar-refractivity contribution < 1.29 is 0 Å². The summed E-state index contributed by atoms with van der Waals surface area (Å²) >= 11 is -1.07. The first-order chi connectivity index (χ1) is 15.8. The van der Waals surface area contributed by atoms with E-state index in [0.717, 1.165) is 17.1 Å². The van der Waals surface area contributed by atoms with Crippen LogP contribution in [0.3, 0.4) is 0 Å². The minimum atomic E-state index is -1.07. The van der Waals surface area contributed by atoms with Crippen LogP contribution in [-0.2, 0) is 0 Å².